The maximum Gasteiger partial charge on any atom is 0.137 e. The average molecular weight is 211 g/mol. The van der Waals surface area contributed by atoms with Crippen LogP contribution in [0.15, 0.2) is 0 Å². The zero-order valence-electron chi connectivity index (χ0n) is 9.13. The molecule has 0 spiro atoms. The van der Waals surface area contributed by atoms with Gasteiger partial charge in [-0.15, -0.1) is 0 Å². The first-order valence-electron chi connectivity index (χ1n) is 4.78. The van der Waals surface area contributed by atoms with Gasteiger partial charge in [0.05, 0.1) is 13.1 Å². The summed E-state index contributed by atoms with van der Waals surface area (Å²) >= 11 is 0. The molecule has 0 aromatic carbocycles. The largest absolute Gasteiger partial charge is 1.00 e. The Morgan fingerprint density at radius 2 is 1.62 bits per heavy atom. The summed E-state index contributed by atoms with van der Waals surface area (Å²) in [6.07, 6.45) is -0.162. The molecule has 0 bridgehead atoms. The second-order valence-corrected chi connectivity index (χ2v) is 3.62. The lowest BCUT2D eigenvalue weighted by atomic mass is 10.2. The van der Waals surface area contributed by atoms with Crippen molar-refractivity contribution in [2.45, 2.75) is 40.0 Å². The van der Waals surface area contributed by atoms with Gasteiger partial charge in [-0.25, -0.2) is 0 Å². The Bertz CT molecular complexity index is 125. The molecule has 2 atom stereocenters. The molecule has 4 heteroatoms. The smallest absolute Gasteiger partial charge is 0.137 e. The predicted octanol–water partition coefficient (Wildman–Crippen LogP) is -2.47. The predicted molar refractivity (Wildman–Crippen MR) is 51.5 cm³/mol. The van der Waals surface area contributed by atoms with Gasteiger partial charge < -0.3 is 22.0 Å². The SMILES string of the molecule is CC[N+](CC)(CC(C)O)C(C)N.[Cl-]. The lowest BCUT2D eigenvalue weighted by Crippen LogP contribution is -3.00. The van der Waals surface area contributed by atoms with Gasteiger partial charge in [0.25, 0.3) is 0 Å². The van der Waals surface area contributed by atoms with E-state index in [0.29, 0.717) is 0 Å². The van der Waals surface area contributed by atoms with Crippen molar-refractivity contribution < 1.29 is 22.0 Å². The summed E-state index contributed by atoms with van der Waals surface area (Å²) in [5.74, 6) is 0. The van der Waals surface area contributed by atoms with Crippen LogP contribution in [0, 0.1) is 0 Å². The quantitative estimate of drug-likeness (QED) is 0.391. The Balaban J connectivity index is 0. The van der Waals surface area contributed by atoms with Crippen LogP contribution in [0.5, 0.6) is 0 Å². The van der Waals surface area contributed by atoms with Crippen LogP contribution in [-0.4, -0.2) is 41.5 Å². The maximum atomic E-state index is 9.33. The van der Waals surface area contributed by atoms with Crippen molar-refractivity contribution in [1.29, 1.82) is 0 Å². The molecule has 82 valence electrons. The van der Waals surface area contributed by atoms with Crippen molar-refractivity contribution in [2.75, 3.05) is 19.6 Å². The summed E-state index contributed by atoms with van der Waals surface area (Å²) in [5.41, 5.74) is 5.90. The van der Waals surface area contributed by atoms with E-state index in [9.17, 15) is 5.11 Å². The molecule has 0 aromatic heterocycles. The lowest BCUT2D eigenvalue weighted by molar-refractivity contribution is -0.948. The van der Waals surface area contributed by atoms with Crippen LogP contribution in [0.25, 0.3) is 0 Å². The van der Waals surface area contributed by atoms with E-state index < -0.39 is 0 Å². The van der Waals surface area contributed by atoms with Crippen molar-refractivity contribution in [3.63, 3.8) is 0 Å². The summed E-state index contributed by atoms with van der Waals surface area (Å²) in [6, 6.07) is 0. The van der Waals surface area contributed by atoms with Crippen LogP contribution in [0.2, 0.25) is 0 Å². The van der Waals surface area contributed by atoms with E-state index in [0.717, 1.165) is 24.1 Å². The zero-order chi connectivity index (χ0) is 9.78. The van der Waals surface area contributed by atoms with Gasteiger partial charge in [-0.3, -0.25) is 5.73 Å². The Kier molecular flexibility index (Phi) is 7.93. The Hall–Kier alpha value is 0.170. The van der Waals surface area contributed by atoms with Gasteiger partial charge >= 0.3 is 0 Å². The van der Waals surface area contributed by atoms with E-state index >= 15 is 0 Å². The number of quaternary nitrogens is 1. The van der Waals surface area contributed by atoms with Crippen molar-refractivity contribution in [3.8, 4) is 0 Å². The molecule has 0 heterocycles. The van der Waals surface area contributed by atoms with E-state index in [1.807, 2.05) is 13.8 Å². The summed E-state index contributed by atoms with van der Waals surface area (Å²) in [7, 11) is 0. The molecular formula is C9H23ClN2O. The first-order chi connectivity index (χ1) is 5.48. The van der Waals surface area contributed by atoms with Gasteiger partial charge in [0.2, 0.25) is 0 Å². The monoisotopic (exact) mass is 210 g/mol. The Morgan fingerprint density at radius 1 is 1.23 bits per heavy atom. The van der Waals surface area contributed by atoms with Gasteiger partial charge in [0.15, 0.2) is 0 Å². The summed E-state index contributed by atoms with van der Waals surface area (Å²) < 4.78 is 0.803. The van der Waals surface area contributed by atoms with Crippen molar-refractivity contribution >= 4 is 0 Å². The van der Waals surface area contributed by atoms with E-state index in [2.05, 4.69) is 13.8 Å². The van der Waals surface area contributed by atoms with Gasteiger partial charge in [-0.05, 0) is 20.8 Å². The third-order valence-corrected chi connectivity index (χ3v) is 2.75. The first-order valence-corrected chi connectivity index (χ1v) is 4.78. The highest BCUT2D eigenvalue weighted by molar-refractivity contribution is 4.50. The molecule has 0 rings (SSSR count). The molecule has 0 aromatic rings. The summed E-state index contributed by atoms with van der Waals surface area (Å²) in [6.45, 7) is 10.8. The minimum Gasteiger partial charge on any atom is -1.00 e. The van der Waals surface area contributed by atoms with Crippen LogP contribution in [0.1, 0.15) is 27.7 Å². The van der Waals surface area contributed by atoms with Crippen molar-refractivity contribution in [2.24, 2.45) is 5.73 Å². The number of aliphatic hydroxyl groups excluding tert-OH is 1. The third-order valence-electron chi connectivity index (χ3n) is 2.75. The highest BCUT2D eigenvalue weighted by atomic mass is 35.5. The summed E-state index contributed by atoms with van der Waals surface area (Å²) in [5, 5.41) is 9.33. The molecule has 0 radical (unpaired) electrons. The second-order valence-electron chi connectivity index (χ2n) is 3.62. The van der Waals surface area contributed by atoms with Gasteiger partial charge in [-0.1, -0.05) is 0 Å². The minimum absolute atomic E-state index is 0. The van der Waals surface area contributed by atoms with Crippen LogP contribution in [0.3, 0.4) is 0 Å². The number of halogens is 1. The number of likely N-dealkylation sites (N-methyl/N-ethyl adjacent to an activating group) is 1. The van der Waals surface area contributed by atoms with E-state index in [1.165, 1.54) is 0 Å². The molecule has 0 aliphatic heterocycles. The standard InChI is InChI=1S/C9H23N2O.ClH/c1-5-11(6-2,9(4)10)7-8(3)12;/h8-9,12H,5-7,10H2,1-4H3;1H/q+1;/p-1. The molecule has 0 fully saturated rings. The maximum absolute atomic E-state index is 9.33. The highest BCUT2D eigenvalue weighted by Crippen LogP contribution is 2.10. The van der Waals surface area contributed by atoms with Crippen LogP contribution in [-0.2, 0) is 0 Å². The molecule has 0 amide bonds. The van der Waals surface area contributed by atoms with Gasteiger partial charge in [0, 0.05) is 6.92 Å². The number of hydrogen-bond acceptors (Lipinski definition) is 2. The number of nitrogens with zero attached hydrogens (tertiary/aromatic N) is 1. The van der Waals surface area contributed by atoms with E-state index in [4.69, 9.17) is 5.73 Å². The van der Waals surface area contributed by atoms with Gasteiger partial charge in [0.1, 0.15) is 18.8 Å². The Morgan fingerprint density at radius 3 is 1.69 bits per heavy atom. The van der Waals surface area contributed by atoms with Crippen molar-refractivity contribution in [1.82, 2.24) is 0 Å². The number of hydrogen-bond donors (Lipinski definition) is 2. The highest BCUT2D eigenvalue weighted by Gasteiger charge is 2.29. The second kappa shape index (κ2) is 6.60. The fourth-order valence-corrected chi connectivity index (χ4v) is 1.75. The van der Waals surface area contributed by atoms with Crippen molar-refractivity contribution in [3.05, 3.63) is 0 Å². The Labute approximate surface area is 87.9 Å². The molecule has 0 aliphatic carbocycles. The lowest BCUT2D eigenvalue weighted by Gasteiger charge is -2.41. The molecule has 2 unspecified atom stereocenters. The fraction of sp³-hybridized carbons (Fsp3) is 1.00. The van der Waals surface area contributed by atoms with Crippen LogP contribution in [0.4, 0.5) is 0 Å². The summed E-state index contributed by atoms with van der Waals surface area (Å²) in [4.78, 5) is 0. The molecule has 3 nitrogen and oxygen atoms in total. The number of rotatable bonds is 5. The first kappa shape index (κ1) is 15.6. The third kappa shape index (κ3) is 4.27. The molecule has 0 saturated carbocycles. The molecule has 13 heavy (non-hydrogen) atoms. The zero-order valence-corrected chi connectivity index (χ0v) is 9.88. The van der Waals surface area contributed by atoms with E-state index in [-0.39, 0.29) is 24.7 Å². The van der Waals surface area contributed by atoms with Crippen LogP contribution < -0.4 is 18.1 Å². The normalized spacial score (nSPS) is 16.2. The van der Waals surface area contributed by atoms with Gasteiger partial charge in [-0.2, -0.15) is 0 Å². The topological polar surface area (TPSA) is 46.2 Å². The van der Waals surface area contributed by atoms with Crippen LogP contribution >= 0.6 is 0 Å². The molecular weight excluding hydrogens is 188 g/mol. The number of nitrogens with two attached hydrogens (primary N) is 1. The van der Waals surface area contributed by atoms with E-state index in [1.54, 1.807) is 0 Å². The average Bonchev–Trinajstić information content (AvgIpc) is 1.99. The minimum atomic E-state index is -0.268. The number of aliphatic hydroxyl groups is 1. The molecule has 0 saturated heterocycles. The molecule has 3 N–H and O–H groups in total. The fourth-order valence-electron chi connectivity index (χ4n) is 1.75. The molecule has 0 aliphatic rings.